The zero-order valence-corrected chi connectivity index (χ0v) is 21.4. The summed E-state index contributed by atoms with van der Waals surface area (Å²) in [6.07, 6.45) is 8.69. The van der Waals surface area contributed by atoms with Crippen LogP contribution in [0.4, 0.5) is 4.79 Å². The molecule has 4 amide bonds. The number of hydrogen-bond donors (Lipinski definition) is 1. The molecule has 0 radical (unpaired) electrons. The third-order valence-corrected chi connectivity index (χ3v) is 9.01. The molecule has 4 fully saturated rings. The predicted octanol–water partition coefficient (Wildman–Crippen LogP) is 4.09. The lowest BCUT2D eigenvalue weighted by Gasteiger charge is -2.48. The van der Waals surface area contributed by atoms with Crippen LogP contribution in [0.5, 0.6) is 0 Å². The fraction of sp³-hybridized carbons (Fsp3) is 0.679. The molecule has 1 aliphatic carbocycles. The van der Waals surface area contributed by atoms with E-state index in [0.717, 1.165) is 57.1 Å². The highest BCUT2D eigenvalue weighted by Gasteiger charge is 2.62. The molecule has 7 heteroatoms. The molecule has 7 nitrogen and oxygen atoms in total. The lowest BCUT2D eigenvalue weighted by Crippen LogP contribution is -2.61. The van der Waals surface area contributed by atoms with Crippen molar-refractivity contribution < 1.29 is 14.4 Å². The summed E-state index contributed by atoms with van der Waals surface area (Å²) in [5, 5.41) is 3.37. The summed E-state index contributed by atoms with van der Waals surface area (Å²) in [4.78, 5) is 45.0. The Morgan fingerprint density at radius 3 is 2.26 bits per heavy atom. The Kier molecular flexibility index (Phi) is 6.64. The van der Waals surface area contributed by atoms with Gasteiger partial charge in [-0.2, -0.15) is 0 Å². The Morgan fingerprint density at radius 1 is 1.03 bits per heavy atom. The Balaban J connectivity index is 1.30. The lowest BCUT2D eigenvalue weighted by atomic mass is 9.80. The summed E-state index contributed by atoms with van der Waals surface area (Å²) in [6, 6.07) is 10.7. The van der Waals surface area contributed by atoms with Gasteiger partial charge in [0.2, 0.25) is 5.91 Å². The highest BCUT2D eigenvalue weighted by Crippen LogP contribution is 2.48. The Labute approximate surface area is 209 Å². The van der Waals surface area contributed by atoms with Crippen molar-refractivity contribution in [1.82, 2.24) is 20.0 Å². The zero-order valence-electron chi connectivity index (χ0n) is 21.4. The maximum Gasteiger partial charge on any atom is 0.327 e. The molecule has 0 aromatic heterocycles. The van der Waals surface area contributed by atoms with Crippen molar-refractivity contribution in [3.05, 3.63) is 35.9 Å². The largest absolute Gasteiger partial charge is 0.349 e. The van der Waals surface area contributed by atoms with E-state index in [1.165, 1.54) is 4.90 Å². The van der Waals surface area contributed by atoms with E-state index >= 15 is 0 Å². The van der Waals surface area contributed by atoms with Crippen LogP contribution in [0.15, 0.2) is 30.3 Å². The minimum Gasteiger partial charge on any atom is -0.349 e. The lowest BCUT2D eigenvalue weighted by molar-refractivity contribution is -0.137. The van der Waals surface area contributed by atoms with E-state index in [2.05, 4.69) is 22.3 Å². The minimum absolute atomic E-state index is 0.00406. The molecule has 1 saturated carbocycles. The van der Waals surface area contributed by atoms with E-state index in [9.17, 15) is 14.4 Å². The number of rotatable bonds is 7. The first-order chi connectivity index (χ1) is 16.8. The van der Waals surface area contributed by atoms with Crippen LogP contribution < -0.4 is 5.32 Å². The fourth-order valence-corrected chi connectivity index (χ4v) is 7.38. The average molecular weight is 481 g/mol. The van der Waals surface area contributed by atoms with Crippen LogP contribution in [-0.2, 0) is 9.59 Å². The van der Waals surface area contributed by atoms with Crippen molar-refractivity contribution >= 4 is 17.8 Å². The second kappa shape index (κ2) is 9.57. The summed E-state index contributed by atoms with van der Waals surface area (Å²) >= 11 is 0. The van der Waals surface area contributed by atoms with E-state index in [4.69, 9.17) is 0 Å². The van der Waals surface area contributed by atoms with E-state index < -0.39 is 5.54 Å². The highest BCUT2D eigenvalue weighted by molar-refractivity contribution is 6.07. The predicted molar refractivity (Wildman–Crippen MR) is 135 cm³/mol. The number of carbonyl (C=O) groups is 3. The molecule has 1 aromatic carbocycles. The van der Waals surface area contributed by atoms with Gasteiger partial charge in [-0.15, -0.1) is 0 Å². The molecule has 1 aromatic rings. The molecule has 1 N–H and O–H groups in total. The van der Waals surface area contributed by atoms with Crippen LogP contribution >= 0.6 is 0 Å². The summed E-state index contributed by atoms with van der Waals surface area (Å²) in [6.45, 7) is 4.91. The van der Waals surface area contributed by atoms with Gasteiger partial charge in [-0.05, 0) is 64.4 Å². The zero-order chi connectivity index (χ0) is 24.7. The third kappa shape index (κ3) is 4.26. The molecule has 3 heterocycles. The monoisotopic (exact) mass is 480 g/mol. The number of nitrogens with one attached hydrogen (secondary N) is 1. The van der Waals surface area contributed by atoms with Crippen molar-refractivity contribution in [2.24, 2.45) is 5.92 Å². The van der Waals surface area contributed by atoms with Crippen molar-refractivity contribution in [2.45, 2.75) is 101 Å². The molecule has 1 spiro atoms. The first-order valence-electron chi connectivity index (χ1n) is 13.5. The van der Waals surface area contributed by atoms with Crippen LogP contribution in [0.1, 0.15) is 83.2 Å². The van der Waals surface area contributed by atoms with Gasteiger partial charge in [0.1, 0.15) is 5.54 Å². The maximum atomic E-state index is 13.3. The summed E-state index contributed by atoms with van der Waals surface area (Å²) in [5.41, 5.74) is 0.460. The molecule has 4 aliphatic rings. The minimum atomic E-state index is -0.697. The summed E-state index contributed by atoms with van der Waals surface area (Å²) in [5.74, 6) is 0.318. The second-order valence-corrected chi connectivity index (χ2v) is 11.4. The van der Waals surface area contributed by atoms with Crippen LogP contribution in [-0.4, -0.2) is 69.8 Å². The maximum absolute atomic E-state index is 13.3. The number of hydrogen-bond acceptors (Lipinski definition) is 4. The van der Waals surface area contributed by atoms with Crippen molar-refractivity contribution in [2.75, 3.05) is 13.6 Å². The number of carbonyl (C=O) groups excluding carboxylic acids is 3. The molecular formula is C28H40N4O3. The number of fused-ring (bicyclic) bond motifs is 2. The first kappa shape index (κ1) is 24.3. The molecule has 3 aliphatic heterocycles. The number of urea groups is 1. The number of imide groups is 1. The quantitative estimate of drug-likeness (QED) is 0.597. The number of amides is 4. The molecule has 3 saturated heterocycles. The fourth-order valence-electron chi connectivity index (χ4n) is 7.38. The van der Waals surface area contributed by atoms with E-state index in [1.54, 1.807) is 7.05 Å². The van der Waals surface area contributed by atoms with Gasteiger partial charge < -0.3 is 10.2 Å². The Bertz CT molecular complexity index is 944. The number of likely N-dealkylation sites (N-methyl/N-ethyl adjacent to an activating group) is 1. The van der Waals surface area contributed by atoms with Gasteiger partial charge in [0.25, 0.3) is 5.91 Å². The van der Waals surface area contributed by atoms with Gasteiger partial charge in [-0.3, -0.25) is 19.4 Å². The number of benzene rings is 1. The topological polar surface area (TPSA) is 73.0 Å². The second-order valence-electron chi connectivity index (χ2n) is 11.4. The summed E-state index contributed by atoms with van der Waals surface area (Å²) in [7, 11) is 1.63. The molecule has 3 atom stereocenters. The number of piperidine rings is 1. The smallest absolute Gasteiger partial charge is 0.327 e. The Hall–Kier alpha value is -2.41. The molecule has 190 valence electrons. The third-order valence-electron chi connectivity index (χ3n) is 9.01. The first-order valence-corrected chi connectivity index (χ1v) is 13.5. The molecule has 2 unspecified atom stereocenters. The van der Waals surface area contributed by atoms with Crippen molar-refractivity contribution in [1.29, 1.82) is 0 Å². The average Bonchev–Trinajstić information content (AvgIpc) is 3.51. The van der Waals surface area contributed by atoms with Gasteiger partial charge in [0.05, 0.1) is 6.04 Å². The van der Waals surface area contributed by atoms with Gasteiger partial charge in [-0.25, -0.2) is 4.79 Å². The molecule has 2 bridgehead atoms. The van der Waals surface area contributed by atoms with Crippen LogP contribution in [0.2, 0.25) is 0 Å². The highest BCUT2D eigenvalue weighted by atomic mass is 16.2. The van der Waals surface area contributed by atoms with E-state index in [0.29, 0.717) is 24.9 Å². The van der Waals surface area contributed by atoms with Gasteiger partial charge in [0, 0.05) is 37.6 Å². The van der Waals surface area contributed by atoms with Crippen LogP contribution in [0, 0.1) is 5.92 Å². The van der Waals surface area contributed by atoms with Crippen molar-refractivity contribution in [3.8, 4) is 0 Å². The van der Waals surface area contributed by atoms with E-state index in [1.807, 2.05) is 36.9 Å². The standard InChI is InChI=1S/C28H40N4O3/c1-19(2)32-27(35)30(3)26(34)28(32)17-22-13-14-23(18-28)31(22)16-15-24(20-9-5-4-6-10-20)29-25(33)21-11-7-8-12-21/h4-6,9-10,19,21-24H,7-8,11-18H2,1-3H3,(H,29,33)/t22?,23?,24-,28?/m0/s1. The molecule has 5 rings (SSSR count). The number of nitrogens with zero attached hydrogens (tertiary/aromatic N) is 3. The molecule has 35 heavy (non-hydrogen) atoms. The van der Waals surface area contributed by atoms with Gasteiger partial charge in [0.15, 0.2) is 0 Å². The van der Waals surface area contributed by atoms with E-state index in [-0.39, 0.29) is 35.8 Å². The van der Waals surface area contributed by atoms with Gasteiger partial charge >= 0.3 is 6.03 Å². The Morgan fingerprint density at radius 2 is 1.66 bits per heavy atom. The van der Waals surface area contributed by atoms with Crippen LogP contribution in [0.25, 0.3) is 0 Å². The van der Waals surface area contributed by atoms with Crippen LogP contribution in [0.3, 0.4) is 0 Å². The SMILES string of the molecule is CC(C)N1C(=O)N(C)C(=O)C12CC1CCC(C2)N1CC[C@H](NC(=O)C1CCCC1)c1ccccc1. The van der Waals surface area contributed by atoms with Gasteiger partial charge in [-0.1, -0.05) is 43.2 Å². The normalized spacial score (nSPS) is 30.2. The van der Waals surface area contributed by atoms with Crippen molar-refractivity contribution in [3.63, 3.8) is 0 Å². The summed E-state index contributed by atoms with van der Waals surface area (Å²) < 4.78 is 0. The molecular weight excluding hydrogens is 440 g/mol.